The highest BCUT2D eigenvalue weighted by Crippen LogP contribution is 2.24. The number of rotatable bonds is 10. The Kier molecular flexibility index (Phi) is 8.28. The molecule has 6 nitrogen and oxygen atoms in total. The zero-order chi connectivity index (χ0) is 20.0. The van der Waals surface area contributed by atoms with Gasteiger partial charge in [-0.3, -0.25) is 14.5 Å². The molecule has 0 aromatic carbocycles. The van der Waals surface area contributed by atoms with E-state index in [1.807, 2.05) is 6.92 Å². The van der Waals surface area contributed by atoms with Gasteiger partial charge < -0.3 is 5.11 Å². The Bertz CT molecular complexity index is 695. The maximum atomic E-state index is 13.3. The second-order valence-corrected chi connectivity index (χ2v) is 8.93. The number of aromatic nitrogens is 2. The number of hydrogen-bond acceptors (Lipinski definition) is 5. The van der Waals surface area contributed by atoms with Gasteiger partial charge in [-0.2, -0.15) is 9.19 Å². The van der Waals surface area contributed by atoms with E-state index in [0.717, 1.165) is 30.8 Å². The average Bonchev–Trinajstić information content (AvgIpc) is 2.98. The Morgan fingerprint density at radius 3 is 2.81 bits per heavy atom. The summed E-state index contributed by atoms with van der Waals surface area (Å²) in [5.41, 5.74) is 1.50. The van der Waals surface area contributed by atoms with E-state index in [2.05, 4.69) is 23.8 Å². The van der Waals surface area contributed by atoms with Crippen LogP contribution < -0.4 is 5.56 Å². The number of carboxylic acids is 1. The van der Waals surface area contributed by atoms with Crippen molar-refractivity contribution in [2.45, 2.75) is 64.3 Å². The maximum Gasteiger partial charge on any atom is 0.303 e. The highest BCUT2D eigenvalue weighted by molar-refractivity contribution is 7.98. The van der Waals surface area contributed by atoms with Crippen LogP contribution in [0.1, 0.15) is 50.8 Å². The van der Waals surface area contributed by atoms with E-state index < -0.39 is 12.1 Å². The molecule has 2 atom stereocenters. The van der Waals surface area contributed by atoms with Gasteiger partial charge in [-0.25, -0.2) is 4.39 Å². The third-order valence-electron chi connectivity index (χ3n) is 4.74. The van der Waals surface area contributed by atoms with Gasteiger partial charge in [0.1, 0.15) is 6.17 Å². The molecule has 2 rings (SSSR count). The molecular formula is C19H30FN3O3S. The zero-order valence-corrected chi connectivity index (χ0v) is 17.2. The number of aliphatic carboxylic acids is 1. The van der Waals surface area contributed by atoms with Crippen LogP contribution in [0, 0.1) is 12.8 Å². The zero-order valence-electron chi connectivity index (χ0n) is 16.4. The number of carbonyl (C=O) groups is 1. The van der Waals surface area contributed by atoms with Crippen molar-refractivity contribution in [1.82, 2.24) is 14.1 Å². The van der Waals surface area contributed by atoms with Crippen molar-refractivity contribution in [3.63, 3.8) is 0 Å². The predicted molar refractivity (Wildman–Crippen MR) is 106 cm³/mol. The normalized spacial score (nSPS) is 18.9. The quantitative estimate of drug-likeness (QED) is 0.652. The van der Waals surface area contributed by atoms with Gasteiger partial charge in [0.2, 0.25) is 0 Å². The van der Waals surface area contributed by atoms with Crippen molar-refractivity contribution in [2.24, 2.45) is 5.92 Å². The topological polar surface area (TPSA) is 75.4 Å². The van der Waals surface area contributed by atoms with Crippen LogP contribution in [-0.4, -0.2) is 56.2 Å². The largest absolute Gasteiger partial charge is 0.481 e. The molecule has 0 radical (unpaired) electrons. The molecule has 27 heavy (non-hydrogen) atoms. The number of alkyl halides is 1. The lowest BCUT2D eigenvalue weighted by atomic mass is 10.0. The summed E-state index contributed by atoms with van der Waals surface area (Å²) in [6, 6.07) is 1.58. The molecule has 0 spiro atoms. The summed E-state index contributed by atoms with van der Waals surface area (Å²) in [5, 5.41) is 13.5. The van der Waals surface area contributed by atoms with Crippen LogP contribution in [0.5, 0.6) is 0 Å². The van der Waals surface area contributed by atoms with Crippen LogP contribution in [0.4, 0.5) is 4.39 Å². The van der Waals surface area contributed by atoms with Crippen LogP contribution in [0.2, 0.25) is 0 Å². The first kappa shape index (κ1) is 21.9. The number of carboxylic acid groups (broad SMARTS) is 1. The molecule has 1 saturated heterocycles. The first-order valence-corrected chi connectivity index (χ1v) is 10.4. The van der Waals surface area contributed by atoms with Crippen LogP contribution in [0.3, 0.4) is 0 Å². The monoisotopic (exact) mass is 399 g/mol. The van der Waals surface area contributed by atoms with Gasteiger partial charge >= 0.3 is 5.97 Å². The number of likely N-dealkylation sites (tertiary alicyclic amines) is 1. The molecule has 2 unspecified atom stereocenters. The summed E-state index contributed by atoms with van der Waals surface area (Å²) in [4.78, 5) is 25.4. The fraction of sp³-hybridized carbons (Fsp3) is 0.737. The van der Waals surface area contributed by atoms with Crippen molar-refractivity contribution < 1.29 is 14.3 Å². The fourth-order valence-electron chi connectivity index (χ4n) is 3.30. The third kappa shape index (κ3) is 7.25. The molecule has 8 heteroatoms. The van der Waals surface area contributed by atoms with Crippen LogP contribution in [-0.2, 0) is 11.2 Å². The molecular weight excluding hydrogens is 369 g/mol. The molecule has 2 heterocycles. The second-order valence-electron chi connectivity index (χ2n) is 7.71. The molecule has 0 aliphatic carbocycles. The van der Waals surface area contributed by atoms with E-state index in [9.17, 15) is 14.0 Å². The first-order valence-electron chi connectivity index (χ1n) is 9.59. The lowest BCUT2D eigenvalue weighted by Gasteiger charge is -2.19. The highest BCUT2D eigenvalue weighted by Gasteiger charge is 2.22. The third-order valence-corrected chi connectivity index (χ3v) is 5.93. The van der Waals surface area contributed by atoms with Gasteiger partial charge in [0.25, 0.3) is 5.56 Å². The highest BCUT2D eigenvalue weighted by atomic mass is 32.2. The van der Waals surface area contributed by atoms with E-state index in [0.29, 0.717) is 31.7 Å². The fourth-order valence-corrected chi connectivity index (χ4v) is 4.58. The molecule has 1 aromatic rings. The lowest BCUT2D eigenvalue weighted by Crippen LogP contribution is -2.27. The van der Waals surface area contributed by atoms with Crippen molar-refractivity contribution in [3.8, 4) is 0 Å². The van der Waals surface area contributed by atoms with Gasteiger partial charge in [-0.1, -0.05) is 13.8 Å². The van der Waals surface area contributed by atoms with E-state index in [-0.39, 0.29) is 17.2 Å². The summed E-state index contributed by atoms with van der Waals surface area (Å²) < 4.78 is 14.7. The summed E-state index contributed by atoms with van der Waals surface area (Å²) >= 11 is 1.32. The van der Waals surface area contributed by atoms with Gasteiger partial charge in [0.05, 0.1) is 5.69 Å². The summed E-state index contributed by atoms with van der Waals surface area (Å²) in [5.74, 6) is -0.424. The summed E-state index contributed by atoms with van der Waals surface area (Å²) in [6.07, 6.45) is 1.92. The van der Waals surface area contributed by atoms with Crippen LogP contribution in [0.25, 0.3) is 0 Å². The van der Waals surface area contributed by atoms with Gasteiger partial charge in [0.15, 0.2) is 0 Å². The average molecular weight is 400 g/mol. The minimum Gasteiger partial charge on any atom is -0.481 e. The lowest BCUT2D eigenvalue weighted by molar-refractivity contribution is -0.137. The first-order chi connectivity index (χ1) is 12.7. The van der Waals surface area contributed by atoms with Gasteiger partial charge in [-0.15, -0.1) is 0 Å². The SMILES string of the molecule is Cc1cc(=O)n(SC(CCC(=O)O)CC(C)C)nc1CCN1CCC(F)C1. The minimum atomic E-state index is -0.828. The Morgan fingerprint density at radius 2 is 2.22 bits per heavy atom. The minimum absolute atomic E-state index is 0.0211. The number of aryl methyl sites for hydroxylation is 1. The van der Waals surface area contributed by atoms with Crippen molar-refractivity contribution in [1.29, 1.82) is 0 Å². The number of nitrogens with zero attached hydrogens (tertiary/aromatic N) is 3. The Labute approximate surface area is 164 Å². The second kappa shape index (κ2) is 10.2. The van der Waals surface area contributed by atoms with Crippen molar-refractivity contribution >= 4 is 17.9 Å². The molecule has 1 aliphatic rings. The van der Waals surface area contributed by atoms with Crippen molar-refractivity contribution in [2.75, 3.05) is 19.6 Å². The van der Waals surface area contributed by atoms with Crippen LogP contribution in [0.15, 0.2) is 10.9 Å². The van der Waals surface area contributed by atoms with E-state index >= 15 is 0 Å². The predicted octanol–water partition coefficient (Wildman–Crippen LogP) is 2.91. The Balaban J connectivity index is 2.07. The van der Waals surface area contributed by atoms with Crippen LogP contribution >= 0.6 is 11.9 Å². The molecule has 1 fully saturated rings. The molecule has 152 valence electrons. The van der Waals surface area contributed by atoms with Gasteiger partial charge in [0, 0.05) is 43.8 Å². The summed E-state index contributed by atoms with van der Waals surface area (Å²) in [7, 11) is 0. The molecule has 1 aliphatic heterocycles. The Morgan fingerprint density at radius 1 is 1.48 bits per heavy atom. The smallest absolute Gasteiger partial charge is 0.303 e. The summed E-state index contributed by atoms with van der Waals surface area (Å²) in [6.45, 7) is 8.00. The molecule has 1 N–H and O–H groups in total. The maximum absolute atomic E-state index is 13.3. The molecule has 0 saturated carbocycles. The standard InChI is InChI=1S/C19H30FN3O3S/c1-13(2)10-16(4-5-19(25)26)27-23-18(24)11-14(3)17(21-23)7-9-22-8-6-15(20)12-22/h11,13,15-16H,4-10,12H2,1-3H3,(H,25,26). The van der Waals surface area contributed by atoms with Gasteiger partial charge in [-0.05, 0) is 49.6 Å². The molecule has 0 amide bonds. The molecule has 0 bridgehead atoms. The molecule has 1 aromatic heterocycles. The van der Waals surface area contributed by atoms with E-state index in [1.54, 1.807) is 6.07 Å². The number of hydrogen-bond donors (Lipinski definition) is 1. The van der Waals surface area contributed by atoms with E-state index in [4.69, 9.17) is 5.11 Å². The Hall–Kier alpha value is -1.41. The van der Waals surface area contributed by atoms with Crippen molar-refractivity contribution in [3.05, 3.63) is 27.7 Å². The van der Waals surface area contributed by atoms with E-state index in [1.165, 1.54) is 16.0 Å². The number of halogens is 1.